The molecule has 2 heterocycles. The van der Waals surface area contributed by atoms with E-state index >= 15 is 0 Å². The third-order valence-corrected chi connectivity index (χ3v) is 5.08. The van der Waals surface area contributed by atoms with Gasteiger partial charge in [0.25, 0.3) is 0 Å². The largest absolute Gasteiger partial charge is 0.489 e. The lowest BCUT2D eigenvalue weighted by molar-refractivity contribution is -0.117. The van der Waals surface area contributed by atoms with Crippen molar-refractivity contribution < 1.29 is 19.1 Å². The highest BCUT2D eigenvalue weighted by Crippen LogP contribution is 2.33. The molecular formula is C20H29ClN2O4. The van der Waals surface area contributed by atoms with E-state index in [4.69, 9.17) is 9.47 Å². The van der Waals surface area contributed by atoms with Gasteiger partial charge in [-0.2, -0.15) is 0 Å². The average Bonchev–Trinajstić information content (AvgIpc) is 2.93. The Balaban J connectivity index is 0.00000261. The van der Waals surface area contributed by atoms with Crippen molar-refractivity contribution in [2.75, 3.05) is 12.4 Å². The van der Waals surface area contributed by atoms with Crippen molar-refractivity contribution in [1.29, 1.82) is 0 Å². The van der Waals surface area contributed by atoms with Crippen molar-refractivity contribution in [2.24, 2.45) is 5.92 Å². The molecule has 2 N–H and O–H groups in total. The number of methoxy groups -OCH3 is 1. The molecule has 2 fully saturated rings. The summed E-state index contributed by atoms with van der Waals surface area (Å²) >= 11 is 0. The number of fused-ring (bicyclic) bond motifs is 2. The van der Waals surface area contributed by atoms with Crippen LogP contribution in [0.1, 0.15) is 56.3 Å². The second-order valence-electron chi connectivity index (χ2n) is 7.60. The SMILES string of the molecule is COC(=O)c1ccc(OC(C)C)c(NC(=O)CC2CC3CCC(C2)N3)c1.Cl. The molecule has 3 rings (SSSR count). The van der Waals surface area contributed by atoms with Crippen molar-refractivity contribution in [3.05, 3.63) is 23.8 Å². The summed E-state index contributed by atoms with van der Waals surface area (Å²) in [6, 6.07) is 6.09. The molecule has 0 spiro atoms. The summed E-state index contributed by atoms with van der Waals surface area (Å²) in [5, 5.41) is 6.54. The molecule has 0 aromatic heterocycles. The monoisotopic (exact) mass is 396 g/mol. The summed E-state index contributed by atoms with van der Waals surface area (Å²) in [5.74, 6) is 0.497. The number of hydrogen-bond acceptors (Lipinski definition) is 5. The van der Waals surface area contributed by atoms with Gasteiger partial charge in [0, 0.05) is 18.5 Å². The molecule has 2 saturated heterocycles. The molecule has 7 heteroatoms. The van der Waals surface area contributed by atoms with E-state index < -0.39 is 5.97 Å². The summed E-state index contributed by atoms with van der Waals surface area (Å²) in [6.07, 6.45) is 5.02. The molecule has 1 aromatic rings. The molecule has 2 unspecified atom stereocenters. The Labute approximate surface area is 166 Å². The number of amides is 1. The van der Waals surface area contributed by atoms with Crippen molar-refractivity contribution in [1.82, 2.24) is 5.32 Å². The van der Waals surface area contributed by atoms with Crippen molar-refractivity contribution in [2.45, 2.75) is 64.1 Å². The van der Waals surface area contributed by atoms with Crippen LogP contribution in [0.15, 0.2) is 18.2 Å². The fourth-order valence-electron chi connectivity index (χ4n) is 4.03. The lowest BCUT2D eigenvalue weighted by Gasteiger charge is -2.28. The number of esters is 1. The fourth-order valence-corrected chi connectivity index (χ4v) is 4.03. The third kappa shape index (κ3) is 5.59. The van der Waals surface area contributed by atoms with Gasteiger partial charge in [-0.25, -0.2) is 4.79 Å². The third-order valence-electron chi connectivity index (χ3n) is 5.08. The second kappa shape index (κ2) is 9.42. The minimum Gasteiger partial charge on any atom is -0.489 e. The summed E-state index contributed by atoms with van der Waals surface area (Å²) in [5.41, 5.74) is 0.905. The highest BCUT2D eigenvalue weighted by atomic mass is 35.5. The minimum absolute atomic E-state index is 0. The molecular weight excluding hydrogens is 368 g/mol. The number of hydrogen-bond donors (Lipinski definition) is 2. The standard InChI is InChI=1S/C20H28N2O4.ClH/c1-12(2)26-18-7-4-14(20(24)25-3)11-17(18)22-19(23)10-13-8-15-5-6-16(9-13)21-15;/h4,7,11-13,15-16,21H,5-6,8-10H2,1-3H3,(H,22,23);1H. The highest BCUT2D eigenvalue weighted by Gasteiger charge is 2.34. The van der Waals surface area contributed by atoms with Gasteiger partial charge in [0.05, 0.1) is 24.5 Å². The predicted octanol–water partition coefficient (Wildman–Crippen LogP) is 3.54. The normalized spacial score (nSPS) is 23.5. The van der Waals surface area contributed by atoms with E-state index in [-0.39, 0.29) is 24.4 Å². The zero-order chi connectivity index (χ0) is 18.7. The van der Waals surface area contributed by atoms with E-state index in [9.17, 15) is 9.59 Å². The van der Waals surface area contributed by atoms with E-state index in [0.717, 1.165) is 12.8 Å². The van der Waals surface area contributed by atoms with Gasteiger partial charge >= 0.3 is 5.97 Å². The molecule has 0 aliphatic carbocycles. The first-order valence-electron chi connectivity index (χ1n) is 9.39. The zero-order valence-corrected chi connectivity index (χ0v) is 16.9. The molecule has 1 aromatic carbocycles. The number of carbonyl (C=O) groups is 2. The van der Waals surface area contributed by atoms with Gasteiger partial charge in [-0.3, -0.25) is 4.79 Å². The van der Waals surface area contributed by atoms with E-state index in [1.807, 2.05) is 13.8 Å². The molecule has 2 aliphatic rings. The first-order chi connectivity index (χ1) is 12.4. The first kappa shape index (κ1) is 21.5. The van der Waals surface area contributed by atoms with E-state index in [0.29, 0.717) is 41.4 Å². The summed E-state index contributed by atoms with van der Waals surface area (Å²) < 4.78 is 10.5. The van der Waals surface area contributed by atoms with Gasteiger partial charge in [0.2, 0.25) is 5.91 Å². The zero-order valence-electron chi connectivity index (χ0n) is 16.1. The van der Waals surface area contributed by atoms with Crippen LogP contribution in [0.2, 0.25) is 0 Å². The van der Waals surface area contributed by atoms with Gasteiger partial charge in [-0.15, -0.1) is 12.4 Å². The maximum Gasteiger partial charge on any atom is 0.337 e. The lowest BCUT2D eigenvalue weighted by atomic mass is 9.89. The second-order valence-corrected chi connectivity index (χ2v) is 7.60. The van der Waals surface area contributed by atoms with E-state index in [2.05, 4.69) is 10.6 Å². The smallest absolute Gasteiger partial charge is 0.337 e. The van der Waals surface area contributed by atoms with Gasteiger partial charge < -0.3 is 20.1 Å². The number of anilines is 1. The van der Waals surface area contributed by atoms with E-state index in [1.54, 1.807) is 18.2 Å². The molecule has 2 bridgehead atoms. The highest BCUT2D eigenvalue weighted by molar-refractivity contribution is 5.96. The lowest BCUT2D eigenvalue weighted by Crippen LogP contribution is -2.39. The Morgan fingerprint density at radius 1 is 1.22 bits per heavy atom. The molecule has 2 atom stereocenters. The van der Waals surface area contributed by atoms with Crippen LogP contribution < -0.4 is 15.4 Å². The van der Waals surface area contributed by atoms with Gasteiger partial charge in [-0.05, 0) is 63.6 Å². The summed E-state index contributed by atoms with van der Waals surface area (Å²) in [7, 11) is 1.34. The molecule has 0 saturated carbocycles. The van der Waals surface area contributed by atoms with Crippen molar-refractivity contribution in [3.8, 4) is 5.75 Å². The molecule has 6 nitrogen and oxygen atoms in total. The van der Waals surface area contributed by atoms with Gasteiger partial charge in [0.1, 0.15) is 5.75 Å². The fraction of sp³-hybridized carbons (Fsp3) is 0.600. The van der Waals surface area contributed by atoms with Gasteiger partial charge in [-0.1, -0.05) is 0 Å². The van der Waals surface area contributed by atoms with Crippen LogP contribution in [0.4, 0.5) is 5.69 Å². The number of benzene rings is 1. The number of ether oxygens (including phenoxy) is 2. The topological polar surface area (TPSA) is 76.7 Å². The Kier molecular flexibility index (Phi) is 7.50. The molecule has 1 amide bonds. The van der Waals surface area contributed by atoms with E-state index in [1.165, 1.54) is 20.0 Å². The van der Waals surface area contributed by atoms with Crippen LogP contribution in [0.5, 0.6) is 5.75 Å². The predicted molar refractivity (Wildman–Crippen MR) is 107 cm³/mol. The maximum absolute atomic E-state index is 12.6. The molecule has 2 aliphatic heterocycles. The number of nitrogens with one attached hydrogen (secondary N) is 2. The Morgan fingerprint density at radius 3 is 2.48 bits per heavy atom. The van der Waals surface area contributed by atoms with Crippen LogP contribution in [0.3, 0.4) is 0 Å². The van der Waals surface area contributed by atoms with Crippen LogP contribution >= 0.6 is 12.4 Å². The van der Waals surface area contributed by atoms with Crippen LogP contribution in [0.25, 0.3) is 0 Å². The molecule has 150 valence electrons. The molecule has 27 heavy (non-hydrogen) atoms. The number of piperidine rings is 1. The minimum atomic E-state index is -0.438. The van der Waals surface area contributed by atoms with Crippen molar-refractivity contribution in [3.63, 3.8) is 0 Å². The van der Waals surface area contributed by atoms with Crippen LogP contribution in [0, 0.1) is 5.92 Å². The number of halogens is 1. The molecule has 0 radical (unpaired) electrons. The Morgan fingerprint density at radius 2 is 1.89 bits per heavy atom. The number of carbonyl (C=O) groups excluding carboxylic acids is 2. The van der Waals surface area contributed by atoms with Crippen molar-refractivity contribution >= 4 is 30.0 Å². The average molecular weight is 397 g/mol. The van der Waals surface area contributed by atoms with Crippen LogP contribution in [-0.2, 0) is 9.53 Å². The van der Waals surface area contributed by atoms with Crippen LogP contribution in [-0.4, -0.2) is 37.2 Å². The summed E-state index contributed by atoms with van der Waals surface area (Å²) in [4.78, 5) is 24.4. The first-order valence-corrected chi connectivity index (χ1v) is 9.39. The Hall–Kier alpha value is -1.79. The van der Waals surface area contributed by atoms with Gasteiger partial charge in [0.15, 0.2) is 0 Å². The number of rotatable bonds is 6. The summed E-state index contributed by atoms with van der Waals surface area (Å²) in [6.45, 7) is 3.84. The maximum atomic E-state index is 12.6. The Bertz CT molecular complexity index is 668. The quantitative estimate of drug-likeness (QED) is 0.719.